The first kappa shape index (κ1) is 10.3. The lowest BCUT2D eigenvalue weighted by Crippen LogP contribution is -2.10. The maximum Gasteiger partial charge on any atom is 0.417 e. The smallest absolute Gasteiger partial charge is 0.324 e. The Hall–Kier alpha value is -0.750. The van der Waals surface area contributed by atoms with Crippen molar-refractivity contribution in [1.29, 1.82) is 0 Å². The topological polar surface area (TPSA) is 38.0 Å². The Kier molecular flexibility index (Phi) is 2.82. The molecule has 0 aromatic heterocycles. The molecule has 13 heavy (non-hydrogen) atoms. The van der Waals surface area contributed by atoms with E-state index in [-0.39, 0.29) is 10.2 Å². The normalized spacial score (nSPS) is 11.5. The Morgan fingerprint density at radius 3 is 2.38 bits per heavy atom. The molecule has 0 saturated heterocycles. The second kappa shape index (κ2) is 3.55. The van der Waals surface area contributed by atoms with Crippen molar-refractivity contribution in [2.24, 2.45) is 5.84 Å². The van der Waals surface area contributed by atoms with Crippen LogP contribution < -0.4 is 11.3 Å². The van der Waals surface area contributed by atoms with Crippen molar-refractivity contribution < 1.29 is 13.2 Å². The number of benzene rings is 1. The van der Waals surface area contributed by atoms with Crippen LogP contribution in [0.5, 0.6) is 0 Å². The maximum absolute atomic E-state index is 12.3. The zero-order valence-corrected chi connectivity index (χ0v) is 7.91. The van der Waals surface area contributed by atoms with E-state index < -0.39 is 11.7 Å². The van der Waals surface area contributed by atoms with E-state index in [0.29, 0.717) is 0 Å². The monoisotopic (exact) mass is 254 g/mol. The third-order valence-electron chi connectivity index (χ3n) is 1.44. The van der Waals surface area contributed by atoms with Crippen LogP contribution in [0.25, 0.3) is 0 Å². The number of nitrogens with two attached hydrogens (primary N) is 1. The summed E-state index contributed by atoms with van der Waals surface area (Å²) < 4.78 is 36.8. The molecule has 0 bridgehead atoms. The summed E-state index contributed by atoms with van der Waals surface area (Å²) in [4.78, 5) is 0. The number of nitrogens with one attached hydrogen (secondary N) is 1. The maximum atomic E-state index is 12.3. The Bertz CT molecular complexity index is 311. The molecule has 0 spiro atoms. The Morgan fingerprint density at radius 1 is 1.31 bits per heavy atom. The number of anilines is 1. The molecule has 0 aliphatic carbocycles. The molecule has 1 aromatic carbocycles. The summed E-state index contributed by atoms with van der Waals surface area (Å²) in [7, 11) is 0. The molecule has 1 rings (SSSR count). The van der Waals surface area contributed by atoms with Crippen LogP contribution in [0, 0.1) is 0 Å². The van der Waals surface area contributed by atoms with Crippen LogP contribution in [-0.4, -0.2) is 0 Å². The largest absolute Gasteiger partial charge is 0.417 e. The van der Waals surface area contributed by atoms with E-state index in [4.69, 9.17) is 5.84 Å². The van der Waals surface area contributed by atoms with Gasteiger partial charge in [0.2, 0.25) is 0 Å². The van der Waals surface area contributed by atoms with Gasteiger partial charge in [0, 0.05) is 10.2 Å². The van der Waals surface area contributed by atoms with Crippen LogP contribution in [0.4, 0.5) is 18.9 Å². The van der Waals surface area contributed by atoms with E-state index in [9.17, 15) is 13.2 Å². The highest BCUT2D eigenvalue weighted by molar-refractivity contribution is 9.10. The molecule has 0 radical (unpaired) electrons. The average molecular weight is 255 g/mol. The molecule has 0 saturated carbocycles. The molecule has 3 N–H and O–H groups in total. The summed E-state index contributed by atoms with van der Waals surface area (Å²) in [5.41, 5.74) is 1.62. The summed E-state index contributed by atoms with van der Waals surface area (Å²) in [6, 6.07) is 3.67. The molecule has 0 aliphatic heterocycles. The van der Waals surface area contributed by atoms with Gasteiger partial charge in [-0.2, -0.15) is 13.2 Å². The molecular weight excluding hydrogens is 249 g/mol. The van der Waals surface area contributed by atoms with Crippen LogP contribution in [0.2, 0.25) is 0 Å². The lowest BCUT2D eigenvalue weighted by molar-refractivity contribution is -0.138. The Labute approximate surface area is 81.0 Å². The zero-order valence-electron chi connectivity index (χ0n) is 6.32. The van der Waals surface area contributed by atoms with Gasteiger partial charge in [-0.15, -0.1) is 0 Å². The Morgan fingerprint density at radius 2 is 1.92 bits per heavy atom. The predicted molar refractivity (Wildman–Crippen MR) is 47.0 cm³/mol. The predicted octanol–water partition coefficient (Wildman–Crippen LogP) is 2.75. The molecular formula is C7H6BrF3N2. The minimum atomic E-state index is -4.37. The number of alkyl halides is 3. The van der Waals surface area contributed by atoms with E-state index in [1.807, 2.05) is 0 Å². The standard InChI is InChI=1S/C7H6BrF3N2/c8-6-2-1-4(13-12)3-5(6)7(9,10)11/h1-3,13H,12H2. The van der Waals surface area contributed by atoms with E-state index >= 15 is 0 Å². The van der Waals surface area contributed by atoms with Crippen molar-refractivity contribution in [3.05, 3.63) is 28.2 Å². The van der Waals surface area contributed by atoms with Gasteiger partial charge >= 0.3 is 6.18 Å². The molecule has 0 atom stereocenters. The molecule has 0 unspecified atom stereocenters. The highest BCUT2D eigenvalue weighted by Crippen LogP contribution is 2.36. The minimum Gasteiger partial charge on any atom is -0.324 e. The summed E-state index contributed by atoms with van der Waals surface area (Å²) >= 11 is 2.81. The van der Waals surface area contributed by atoms with E-state index in [1.165, 1.54) is 12.1 Å². The van der Waals surface area contributed by atoms with Gasteiger partial charge in [0.1, 0.15) is 0 Å². The van der Waals surface area contributed by atoms with Crippen LogP contribution in [0.3, 0.4) is 0 Å². The number of halogens is 4. The van der Waals surface area contributed by atoms with Gasteiger partial charge in [-0.25, -0.2) is 0 Å². The van der Waals surface area contributed by atoms with E-state index in [1.54, 1.807) is 0 Å². The van der Waals surface area contributed by atoms with Gasteiger partial charge < -0.3 is 5.43 Å². The summed E-state index contributed by atoms with van der Waals surface area (Å²) in [5.74, 6) is 4.98. The van der Waals surface area contributed by atoms with Gasteiger partial charge in [0.25, 0.3) is 0 Å². The van der Waals surface area contributed by atoms with Crippen LogP contribution in [-0.2, 0) is 6.18 Å². The second-order valence-electron chi connectivity index (χ2n) is 2.34. The third kappa shape index (κ3) is 2.35. The highest BCUT2D eigenvalue weighted by atomic mass is 79.9. The number of hydrogen-bond acceptors (Lipinski definition) is 2. The SMILES string of the molecule is NNc1ccc(Br)c(C(F)(F)F)c1. The third-order valence-corrected chi connectivity index (χ3v) is 2.13. The number of nitrogen functional groups attached to an aromatic ring is 1. The van der Waals surface area contributed by atoms with Gasteiger partial charge in [0.15, 0.2) is 0 Å². The first-order valence-corrected chi connectivity index (χ1v) is 4.08. The summed E-state index contributed by atoms with van der Waals surface area (Å²) in [5, 5.41) is 0. The van der Waals surface area contributed by atoms with Crippen LogP contribution in [0.15, 0.2) is 22.7 Å². The van der Waals surface area contributed by atoms with Gasteiger partial charge in [-0.05, 0) is 18.2 Å². The summed E-state index contributed by atoms with van der Waals surface area (Å²) in [6.07, 6.45) is -4.37. The van der Waals surface area contributed by atoms with E-state index in [2.05, 4.69) is 21.4 Å². The van der Waals surface area contributed by atoms with Crippen molar-refractivity contribution in [1.82, 2.24) is 0 Å². The molecule has 1 aromatic rings. The summed E-state index contributed by atoms with van der Waals surface area (Å²) in [6.45, 7) is 0. The molecule has 0 amide bonds. The number of hydrogen-bond donors (Lipinski definition) is 2. The average Bonchev–Trinajstić information content (AvgIpc) is 2.03. The molecule has 0 heterocycles. The Balaban J connectivity index is 3.19. The fraction of sp³-hybridized carbons (Fsp3) is 0.143. The quantitative estimate of drug-likeness (QED) is 0.598. The zero-order chi connectivity index (χ0) is 10.1. The number of rotatable bonds is 1. The first-order valence-electron chi connectivity index (χ1n) is 3.28. The van der Waals surface area contributed by atoms with Crippen LogP contribution in [0.1, 0.15) is 5.56 Å². The van der Waals surface area contributed by atoms with Crippen molar-refractivity contribution in [3.63, 3.8) is 0 Å². The molecule has 0 fully saturated rings. The first-order chi connectivity index (χ1) is 5.95. The van der Waals surface area contributed by atoms with E-state index in [0.717, 1.165) is 6.07 Å². The van der Waals surface area contributed by atoms with Crippen LogP contribution >= 0.6 is 15.9 Å². The van der Waals surface area contributed by atoms with Crippen molar-refractivity contribution in [2.75, 3.05) is 5.43 Å². The minimum absolute atomic E-state index is 0.000926. The van der Waals surface area contributed by atoms with Gasteiger partial charge in [-0.3, -0.25) is 5.84 Å². The van der Waals surface area contributed by atoms with Crippen molar-refractivity contribution in [3.8, 4) is 0 Å². The molecule has 72 valence electrons. The molecule has 0 aliphatic rings. The highest BCUT2D eigenvalue weighted by Gasteiger charge is 2.33. The molecule has 2 nitrogen and oxygen atoms in total. The van der Waals surface area contributed by atoms with Gasteiger partial charge in [-0.1, -0.05) is 15.9 Å². The molecule has 6 heteroatoms. The van der Waals surface area contributed by atoms with Crippen molar-refractivity contribution >= 4 is 21.6 Å². The fourth-order valence-electron chi connectivity index (χ4n) is 0.832. The van der Waals surface area contributed by atoms with Gasteiger partial charge in [0.05, 0.1) is 5.56 Å². The number of hydrazine groups is 1. The second-order valence-corrected chi connectivity index (χ2v) is 3.19. The fourth-order valence-corrected chi connectivity index (χ4v) is 1.30. The lowest BCUT2D eigenvalue weighted by atomic mass is 10.2. The lowest BCUT2D eigenvalue weighted by Gasteiger charge is -2.10. The van der Waals surface area contributed by atoms with Crippen molar-refractivity contribution in [2.45, 2.75) is 6.18 Å².